The Bertz CT molecular complexity index is 877. The summed E-state index contributed by atoms with van der Waals surface area (Å²) >= 11 is 6.71. The van der Waals surface area contributed by atoms with E-state index in [2.05, 4.69) is 34.4 Å². The number of carbonyl (C=O) groups excluding carboxylic acids is 1. The first kappa shape index (κ1) is 21.6. The topological polar surface area (TPSA) is 48.5 Å². The monoisotopic (exact) mass is 414 g/mol. The van der Waals surface area contributed by atoms with Gasteiger partial charge in [-0.3, -0.25) is 4.98 Å². The van der Waals surface area contributed by atoms with Gasteiger partial charge < -0.3 is 15.1 Å². The molecule has 5 nitrogen and oxygen atoms in total. The number of urea groups is 1. The van der Waals surface area contributed by atoms with Crippen LogP contribution in [0.2, 0.25) is 5.02 Å². The van der Waals surface area contributed by atoms with Crippen LogP contribution in [0.5, 0.6) is 0 Å². The predicted octanol–water partition coefficient (Wildman–Crippen LogP) is 4.82. The molecule has 0 bridgehead atoms. The van der Waals surface area contributed by atoms with Crippen molar-refractivity contribution in [3.63, 3.8) is 0 Å². The van der Waals surface area contributed by atoms with Crippen molar-refractivity contribution in [2.45, 2.75) is 45.7 Å². The molecule has 1 saturated heterocycles. The zero-order valence-electron chi connectivity index (χ0n) is 18.0. The molecule has 1 aromatic carbocycles. The lowest BCUT2D eigenvalue weighted by atomic mass is 9.96. The Morgan fingerprint density at radius 1 is 1.28 bits per heavy atom. The van der Waals surface area contributed by atoms with Crippen LogP contribution in [0, 0.1) is 13.8 Å². The van der Waals surface area contributed by atoms with Crippen molar-refractivity contribution in [2.75, 3.05) is 27.2 Å². The molecule has 2 aromatic rings. The van der Waals surface area contributed by atoms with Crippen LogP contribution in [-0.2, 0) is 0 Å². The largest absolute Gasteiger partial charge is 0.331 e. The van der Waals surface area contributed by atoms with Crippen molar-refractivity contribution in [1.82, 2.24) is 20.1 Å². The second kappa shape index (κ2) is 9.14. The smallest absolute Gasteiger partial charge is 0.317 e. The zero-order chi connectivity index (χ0) is 21.1. The predicted molar refractivity (Wildman–Crippen MR) is 119 cm³/mol. The van der Waals surface area contributed by atoms with E-state index in [0.29, 0.717) is 11.1 Å². The maximum Gasteiger partial charge on any atom is 0.317 e. The van der Waals surface area contributed by atoms with Gasteiger partial charge >= 0.3 is 6.03 Å². The number of carbonyl (C=O) groups is 1. The highest BCUT2D eigenvalue weighted by molar-refractivity contribution is 6.34. The van der Waals surface area contributed by atoms with Gasteiger partial charge in [0.25, 0.3) is 0 Å². The van der Waals surface area contributed by atoms with Crippen LogP contribution in [0.4, 0.5) is 4.79 Å². The summed E-state index contributed by atoms with van der Waals surface area (Å²) in [4.78, 5) is 21.2. The highest BCUT2D eigenvalue weighted by atomic mass is 35.5. The molecule has 156 valence electrons. The van der Waals surface area contributed by atoms with Gasteiger partial charge in [0.1, 0.15) is 0 Å². The second-order valence-corrected chi connectivity index (χ2v) is 8.59. The Morgan fingerprint density at radius 2 is 1.97 bits per heavy atom. The first-order valence-electron chi connectivity index (χ1n) is 10.2. The van der Waals surface area contributed by atoms with E-state index in [9.17, 15) is 4.79 Å². The van der Waals surface area contributed by atoms with E-state index in [0.717, 1.165) is 53.7 Å². The van der Waals surface area contributed by atoms with Gasteiger partial charge in [-0.25, -0.2) is 4.79 Å². The molecule has 1 unspecified atom stereocenters. The maximum atomic E-state index is 12.8. The van der Waals surface area contributed by atoms with Crippen LogP contribution in [0.3, 0.4) is 0 Å². The summed E-state index contributed by atoms with van der Waals surface area (Å²) in [6, 6.07) is 6.28. The van der Waals surface area contributed by atoms with E-state index in [1.165, 1.54) is 0 Å². The summed E-state index contributed by atoms with van der Waals surface area (Å²) < 4.78 is 0. The lowest BCUT2D eigenvalue weighted by Gasteiger charge is -2.35. The average Bonchev–Trinajstić information content (AvgIpc) is 2.69. The normalized spacial score (nSPS) is 16.5. The van der Waals surface area contributed by atoms with Crippen molar-refractivity contribution in [3.05, 3.63) is 52.3 Å². The fourth-order valence-corrected chi connectivity index (χ4v) is 4.29. The molecule has 6 heteroatoms. The third kappa shape index (κ3) is 4.90. The molecule has 1 aromatic heterocycles. The standard InChI is InChI=1S/C23H31ClN4O/c1-15-12-18(14-25-13-15)21-7-6-20(16(2)22(21)24)17(3)26-23(29)28(5)19-8-10-27(4)11-9-19/h6-7,12-14,17,19H,8-11H2,1-5H3,(H,26,29). The first-order valence-corrected chi connectivity index (χ1v) is 10.6. The van der Waals surface area contributed by atoms with Crippen LogP contribution in [0.1, 0.15) is 42.5 Å². The molecule has 1 aliphatic heterocycles. The van der Waals surface area contributed by atoms with E-state index in [4.69, 9.17) is 11.6 Å². The molecule has 0 radical (unpaired) electrons. The molecule has 0 aliphatic carbocycles. The van der Waals surface area contributed by atoms with Crippen molar-refractivity contribution < 1.29 is 4.79 Å². The highest BCUT2D eigenvalue weighted by Crippen LogP contribution is 2.34. The molecule has 2 heterocycles. The Kier molecular flexibility index (Phi) is 6.81. The van der Waals surface area contributed by atoms with E-state index in [-0.39, 0.29) is 12.1 Å². The van der Waals surface area contributed by atoms with Gasteiger partial charge in [-0.05, 0) is 76.5 Å². The van der Waals surface area contributed by atoms with E-state index in [1.54, 1.807) is 0 Å². The molecular formula is C23H31ClN4O. The number of rotatable bonds is 4. The Balaban J connectivity index is 1.73. The van der Waals surface area contributed by atoms with Gasteiger partial charge in [0.15, 0.2) is 0 Å². The number of likely N-dealkylation sites (tertiary alicyclic amines) is 1. The van der Waals surface area contributed by atoms with E-state index >= 15 is 0 Å². The number of halogens is 1. The first-order chi connectivity index (χ1) is 13.8. The number of nitrogens with one attached hydrogen (secondary N) is 1. The molecule has 1 fully saturated rings. The zero-order valence-corrected chi connectivity index (χ0v) is 18.8. The third-order valence-electron chi connectivity index (χ3n) is 5.98. The summed E-state index contributed by atoms with van der Waals surface area (Å²) in [6.45, 7) is 8.09. The number of piperidine rings is 1. The maximum absolute atomic E-state index is 12.8. The number of amides is 2. The minimum absolute atomic E-state index is 0.0328. The Labute approximate surface area is 179 Å². The van der Waals surface area contributed by atoms with Crippen LogP contribution in [0.15, 0.2) is 30.6 Å². The van der Waals surface area contributed by atoms with Gasteiger partial charge in [0.2, 0.25) is 0 Å². The number of benzene rings is 1. The van der Waals surface area contributed by atoms with Gasteiger partial charge in [-0.1, -0.05) is 23.7 Å². The molecule has 1 atom stereocenters. The van der Waals surface area contributed by atoms with Gasteiger partial charge in [0.05, 0.1) is 11.1 Å². The SMILES string of the molecule is Cc1cncc(-c2ccc(C(C)NC(=O)N(C)C3CCN(C)CC3)c(C)c2Cl)c1. The summed E-state index contributed by atoms with van der Waals surface area (Å²) in [7, 11) is 4.02. The number of hydrogen-bond donors (Lipinski definition) is 1. The minimum Gasteiger partial charge on any atom is -0.331 e. The fourth-order valence-electron chi connectivity index (χ4n) is 4.01. The molecule has 29 heavy (non-hydrogen) atoms. The molecule has 0 saturated carbocycles. The van der Waals surface area contributed by atoms with Crippen LogP contribution in [0.25, 0.3) is 11.1 Å². The molecular weight excluding hydrogens is 384 g/mol. The highest BCUT2D eigenvalue weighted by Gasteiger charge is 2.25. The van der Waals surface area contributed by atoms with Crippen molar-refractivity contribution in [1.29, 1.82) is 0 Å². The number of pyridine rings is 1. The van der Waals surface area contributed by atoms with Crippen LogP contribution >= 0.6 is 11.6 Å². The summed E-state index contributed by atoms with van der Waals surface area (Å²) in [5.74, 6) is 0. The quantitative estimate of drug-likeness (QED) is 0.780. The van der Waals surface area contributed by atoms with Crippen molar-refractivity contribution in [3.8, 4) is 11.1 Å². The molecule has 1 aliphatic rings. The van der Waals surface area contributed by atoms with E-state index < -0.39 is 0 Å². The lowest BCUT2D eigenvalue weighted by molar-refractivity contribution is 0.146. The van der Waals surface area contributed by atoms with Crippen LogP contribution in [-0.4, -0.2) is 54.0 Å². The third-order valence-corrected chi connectivity index (χ3v) is 6.46. The number of aromatic nitrogens is 1. The van der Waals surface area contributed by atoms with Crippen molar-refractivity contribution in [2.24, 2.45) is 0 Å². The minimum atomic E-state index is -0.126. The second-order valence-electron chi connectivity index (χ2n) is 8.21. The molecule has 0 spiro atoms. The van der Waals surface area contributed by atoms with Gasteiger partial charge in [-0.15, -0.1) is 0 Å². The number of nitrogens with zero attached hydrogens (tertiary/aromatic N) is 3. The summed E-state index contributed by atoms with van der Waals surface area (Å²) in [6.07, 6.45) is 5.68. The van der Waals surface area contributed by atoms with Gasteiger partial charge in [0, 0.05) is 36.6 Å². The summed E-state index contributed by atoms with van der Waals surface area (Å²) in [5.41, 5.74) is 5.08. The number of hydrogen-bond acceptors (Lipinski definition) is 3. The van der Waals surface area contributed by atoms with Crippen LogP contribution < -0.4 is 5.32 Å². The summed E-state index contributed by atoms with van der Waals surface area (Å²) in [5, 5.41) is 3.85. The molecule has 2 amide bonds. The Morgan fingerprint density at radius 3 is 2.62 bits per heavy atom. The van der Waals surface area contributed by atoms with E-state index in [1.807, 2.05) is 51.2 Å². The Hall–Kier alpha value is -2.11. The van der Waals surface area contributed by atoms with Crippen molar-refractivity contribution >= 4 is 17.6 Å². The fraction of sp³-hybridized carbons (Fsp3) is 0.478. The lowest BCUT2D eigenvalue weighted by Crippen LogP contribution is -2.48. The number of aryl methyl sites for hydroxylation is 1. The molecule has 1 N–H and O–H groups in total. The average molecular weight is 415 g/mol. The van der Waals surface area contributed by atoms with Gasteiger partial charge in [-0.2, -0.15) is 0 Å². The molecule has 3 rings (SSSR count).